The van der Waals surface area contributed by atoms with Gasteiger partial charge in [0.15, 0.2) is 23.2 Å². The van der Waals surface area contributed by atoms with Crippen LogP contribution in [0, 0.1) is 6.92 Å². The minimum absolute atomic E-state index is 0.000275. The molecule has 3 aromatic rings. The maximum Gasteiger partial charge on any atom is 0.273 e. The van der Waals surface area contributed by atoms with Gasteiger partial charge in [0.2, 0.25) is 6.79 Å². The summed E-state index contributed by atoms with van der Waals surface area (Å²) in [7, 11) is 0. The summed E-state index contributed by atoms with van der Waals surface area (Å²) in [4.78, 5) is 40.8. The van der Waals surface area contributed by atoms with Gasteiger partial charge in [0.25, 0.3) is 17.7 Å². The maximum atomic E-state index is 14.0. The van der Waals surface area contributed by atoms with Crippen LogP contribution in [0.5, 0.6) is 11.5 Å². The van der Waals surface area contributed by atoms with Crippen LogP contribution in [0.3, 0.4) is 0 Å². The second kappa shape index (κ2) is 9.53. The number of benzene rings is 1. The lowest BCUT2D eigenvalue weighted by Crippen LogP contribution is -2.46. The molecule has 36 heavy (non-hydrogen) atoms. The summed E-state index contributed by atoms with van der Waals surface area (Å²) in [5.41, 5.74) is 11.5. The largest absolute Gasteiger partial charge is 0.464 e. The van der Waals surface area contributed by atoms with Crippen LogP contribution in [0.4, 0.5) is 11.4 Å². The van der Waals surface area contributed by atoms with Crippen molar-refractivity contribution in [2.75, 3.05) is 17.4 Å². The third-order valence-corrected chi connectivity index (χ3v) is 7.10. The van der Waals surface area contributed by atoms with E-state index in [4.69, 9.17) is 25.4 Å². The highest BCUT2D eigenvalue weighted by Gasteiger charge is 2.39. The summed E-state index contributed by atoms with van der Waals surface area (Å²) in [5.74, 6) is -0.111. The lowest BCUT2D eigenvalue weighted by Gasteiger charge is -2.30. The highest BCUT2D eigenvalue weighted by atomic mass is 32.1. The molecule has 1 fully saturated rings. The number of nitrogens with one attached hydrogen (secondary N) is 1. The molecule has 11 nitrogen and oxygen atoms in total. The standard InChI is InChI=1S/C24H25N5O6S/c1-12-6-8-16(35-12)20(23(31)27-13-4-2-3-5-13)29(14-7-9-15-17(10-14)34-11-33-15)24(32)21-18(25)19(22(26)30)28-36-21/h6-10,13,20H,2-5,11,25H2,1H3,(H2,26,30)(H,27,31)/t20-/m0/s1. The van der Waals surface area contributed by atoms with Gasteiger partial charge in [-0.3, -0.25) is 19.3 Å². The topological polar surface area (TPSA) is 163 Å². The number of amides is 3. The summed E-state index contributed by atoms with van der Waals surface area (Å²) in [6.45, 7) is 1.79. The van der Waals surface area contributed by atoms with Crippen LogP contribution in [0.25, 0.3) is 0 Å². The second-order valence-corrected chi connectivity index (χ2v) is 9.47. The van der Waals surface area contributed by atoms with Crippen LogP contribution in [-0.2, 0) is 4.79 Å². The van der Waals surface area contributed by atoms with Crippen molar-refractivity contribution >= 4 is 40.6 Å². The van der Waals surface area contributed by atoms with Crippen molar-refractivity contribution in [3.63, 3.8) is 0 Å². The SMILES string of the molecule is Cc1ccc([C@@H](C(=O)NC2CCCC2)N(C(=O)c2snc(C(N)=O)c2N)c2ccc3c(c2)OCO3)o1. The second-order valence-electron chi connectivity index (χ2n) is 8.69. The Balaban J connectivity index is 1.63. The molecule has 0 bridgehead atoms. The molecule has 3 heterocycles. The van der Waals surface area contributed by atoms with Crippen molar-refractivity contribution in [3.05, 3.63) is 52.4 Å². The predicted molar refractivity (Wildman–Crippen MR) is 131 cm³/mol. The average Bonchev–Trinajstić information content (AvgIpc) is 3.64. The van der Waals surface area contributed by atoms with Crippen molar-refractivity contribution in [1.29, 1.82) is 0 Å². The molecule has 2 aliphatic rings. The number of anilines is 2. The Kier molecular flexibility index (Phi) is 6.27. The minimum Gasteiger partial charge on any atom is -0.464 e. The number of hydrogen-bond donors (Lipinski definition) is 3. The molecule has 0 unspecified atom stereocenters. The number of carbonyl (C=O) groups excluding carboxylic acids is 3. The van der Waals surface area contributed by atoms with Crippen molar-refractivity contribution < 1.29 is 28.3 Å². The fraction of sp³-hybridized carbons (Fsp3) is 0.333. The van der Waals surface area contributed by atoms with Gasteiger partial charge in [-0.05, 0) is 55.6 Å². The number of nitrogens with zero attached hydrogens (tertiary/aromatic N) is 2. The average molecular weight is 512 g/mol. The number of primary amides is 1. The molecule has 188 valence electrons. The first-order valence-corrected chi connectivity index (χ1v) is 12.3. The van der Waals surface area contributed by atoms with Gasteiger partial charge in [-0.2, -0.15) is 4.37 Å². The third kappa shape index (κ3) is 4.35. The lowest BCUT2D eigenvalue weighted by atomic mass is 10.1. The number of fused-ring (bicyclic) bond motifs is 1. The zero-order valence-corrected chi connectivity index (χ0v) is 20.3. The van der Waals surface area contributed by atoms with E-state index >= 15 is 0 Å². The van der Waals surface area contributed by atoms with Crippen molar-refractivity contribution in [2.24, 2.45) is 5.73 Å². The van der Waals surface area contributed by atoms with Crippen LogP contribution >= 0.6 is 11.5 Å². The number of nitrogen functional groups attached to an aromatic ring is 1. The molecular weight excluding hydrogens is 486 g/mol. The molecule has 1 aliphatic heterocycles. The van der Waals surface area contributed by atoms with Gasteiger partial charge in [-0.15, -0.1) is 0 Å². The van der Waals surface area contributed by atoms with Gasteiger partial charge in [-0.25, -0.2) is 0 Å². The molecule has 1 atom stereocenters. The number of carbonyl (C=O) groups is 3. The molecule has 1 aromatic carbocycles. The van der Waals surface area contributed by atoms with E-state index in [-0.39, 0.29) is 34.9 Å². The number of nitrogens with two attached hydrogens (primary N) is 2. The van der Waals surface area contributed by atoms with E-state index in [2.05, 4.69) is 9.69 Å². The quantitative estimate of drug-likeness (QED) is 0.436. The first kappa shape index (κ1) is 23.7. The zero-order chi connectivity index (χ0) is 25.4. The van der Waals surface area contributed by atoms with Crippen LogP contribution in [0.2, 0.25) is 0 Å². The molecule has 1 saturated carbocycles. The van der Waals surface area contributed by atoms with Gasteiger partial charge in [0, 0.05) is 17.8 Å². The summed E-state index contributed by atoms with van der Waals surface area (Å²) in [6.07, 6.45) is 3.76. The van der Waals surface area contributed by atoms with E-state index in [0.717, 1.165) is 37.2 Å². The van der Waals surface area contributed by atoms with E-state index in [0.29, 0.717) is 22.9 Å². The van der Waals surface area contributed by atoms with Crippen LogP contribution in [0.1, 0.15) is 63.4 Å². The van der Waals surface area contributed by atoms with Gasteiger partial charge in [0.1, 0.15) is 16.4 Å². The fourth-order valence-corrected chi connectivity index (χ4v) is 5.22. The number of aryl methyl sites for hydroxylation is 1. The Morgan fingerprint density at radius 1 is 1.14 bits per heavy atom. The molecule has 2 aromatic heterocycles. The summed E-state index contributed by atoms with van der Waals surface area (Å²) < 4.78 is 20.7. The van der Waals surface area contributed by atoms with Crippen LogP contribution in [-0.4, -0.2) is 34.9 Å². The zero-order valence-electron chi connectivity index (χ0n) is 19.5. The summed E-state index contributed by atoms with van der Waals surface area (Å²) in [6, 6.07) is 7.11. The molecule has 12 heteroatoms. The van der Waals surface area contributed by atoms with Gasteiger partial charge in [0.05, 0.1) is 5.69 Å². The molecule has 0 radical (unpaired) electrons. The minimum atomic E-state index is -1.18. The Hall–Kier alpha value is -4.06. The molecule has 5 N–H and O–H groups in total. The molecule has 0 saturated heterocycles. The Labute approximate surface area is 210 Å². The van der Waals surface area contributed by atoms with Gasteiger partial charge < -0.3 is 30.7 Å². The molecule has 5 rings (SSSR count). The van der Waals surface area contributed by atoms with Crippen molar-refractivity contribution in [2.45, 2.75) is 44.7 Å². The third-order valence-electron chi connectivity index (χ3n) is 6.25. The Bertz CT molecular complexity index is 1330. The fourth-order valence-electron chi connectivity index (χ4n) is 4.48. The number of rotatable bonds is 7. The maximum absolute atomic E-state index is 14.0. The highest BCUT2D eigenvalue weighted by Crippen LogP contribution is 2.40. The molecular formula is C24H25N5O6S. The number of aromatic nitrogens is 1. The van der Waals surface area contributed by atoms with Gasteiger partial charge in [-0.1, -0.05) is 12.8 Å². The van der Waals surface area contributed by atoms with E-state index in [9.17, 15) is 14.4 Å². The normalized spacial score (nSPS) is 15.6. The van der Waals surface area contributed by atoms with E-state index in [1.54, 1.807) is 37.3 Å². The van der Waals surface area contributed by atoms with Crippen LogP contribution in [0.15, 0.2) is 34.7 Å². The number of hydrogen-bond acceptors (Lipinski definition) is 9. The smallest absolute Gasteiger partial charge is 0.273 e. The van der Waals surface area contributed by atoms with E-state index in [1.165, 1.54) is 4.90 Å². The highest BCUT2D eigenvalue weighted by molar-refractivity contribution is 7.09. The van der Waals surface area contributed by atoms with E-state index in [1.807, 2.05) is 0 Å². The first-order chi connectivity index (χ1) is 17.3. The van der Waals surface area contributed by atoms with Crippen molar-refractivity contribution in [3.8, 4) is 11.5 Å². The molecule has 1 aliphatic carbocycles. The summed E-state index contributed by atoms with van der Waals surface area (Å²) >= 11 is 0.738. The van der Waals surface area contributed by atoms with Crippen molar-refractivity contribution in [1.82, 2.24) is 9.69 Å². The number of furan rings is 1. The predicted octanol–water partition coefficient (Wildman–Crippen LogP) is 2.90. The summed E-state index contributed by atoms with van der Waals surface area (Å²) in [5, 5.41) is 3.07. The lowest BCUT2D eigenvalue weighted by molar-refractivity contribution is -0.123. The monoisotopic (exact) mass is 511 g/mol. The van der Waals surface area contributed by atoms with E-state index < -0.39 is 23.8 Å². The molecule has 0 spiro atoms. The number of ether oxygens (including phenoxy) is 2. The molecule has 3 amide bonds. The van der Waals surface area contributed by atoms with Gasteiger partial charge >= 0.3 is 0 Å². The first-order valence-electron chi connectivity index (χ1n) is 11.5. The Morgan fingerprint density at radius 3 is 2.56 bits per heavy atom. The Morgan fingerprint density at radius 2 is 1.89 bits per heavy atom. The van der Waals surface area contributed by atoms with Crippen LogP contribution < -0.4 is 31.2 Å².